The Labute approximate surface area is 114 Å². The molecule has 0 N–H and O–H groups in total. The minimum atomic E-state index is 0.265. The summed E-state index contributed by atoms with van der Waals surface area (Å²) in [5, 5.41) is 0.643. The second-order valence-corrected chi connectivity index (χ2v) is 5.14. The Balaban J connectivity index is 2.30. The highest BCUT2D eigenvalue weighted by Crippen LogP contribution is 2.28. The van der Waals surface area contributed by atoms with Gasteiger partial charge < -0.3 is 4.74 Å². The quantitative estimate of drug-likeness (QED) is 0.823. The minimum absolute atomic E-state index is 0.265. The molecule has 0 aliphatic rings. The zero-order valence-corrected chi connectivity index (χ0v) is 11.9. The Morgan fingerprint density at radius 1 is 1.41 bits per heavy atom. The molecule has 0 bridgehead atoms. The van der Waals surface area contributed by atoms with Crippen LogP contribution in [0.15, 0.2) is 35.1 Å². The van der Waals surface area contributed by atoms with Crippen LogP contribution in [0.25, 0.3) is 0 Å². The average Bonchev–Trinajstić information content (AvgIpc) is 2.59. The minimum Gasteiger partial charge on any atom is -0.425 e. The number of nitrogens with zero attached hydrogens (tertiary/aromatic N) is 2. The van der Waals surface area contributed by atoms with Gasteiger partial charge in [-0.1, -0.05) is 17.7 Å². The highest BCUT2D eigenvalue weighted by atomic mass is 79.9. The molecule has 0 unspecified atom stereocenters. The van der Waals surface area contributed by atoms with E-state index in [0.29, 0.717) is 16.8 Å². The van der Waals surface area contributed by atoms with E-state index in [-0.39, 0.29) is 6.04 Å². The molecule has 0 radical (unpaired) electrons. The first-order chi connectivity index (χ1) is 8.08. The molecule has 0 saturated heterocycles. The van der Waals surface area contributed by atoms with Gasteiger partial charge >= 0.3 is 6.01 Å². The molecule has 0 saturated carbocycles. The maximum atomic E-state index is 5.90. The van der Waals surface area contributed by atoms with E-state index >= 15 is 0 Å². The number of aromatic nitrogens is 2. The fourth-order valence-electron chi connectivity index (χ4n) is 1.50. The van der Waals surface area contributed by atoms with Gasteiger partial charge in [0.25, 0.3) is 0 Å². The molecule has 0 fully saturated rings. The summed E-state index contributed by atoms with van der Waals surface area (Å²) >= 11 is 9.34. The van der Waals surface area contributed by atoms with E-state index < -0.39 is 0 Å². The molecule has 2 aromatic rings. The number of hydrogen-bond acceptors (Lipinski definition) is 2. The van der Waals surface area contributed by atoms with E-state index in [1.807, 2.05) is 16.7 Å². The third-order valence-electron chi connectivity index (χ3n) is 2.24. The second-order valence-electron chi connectivity index (χ2n) is 3.89. The Bertz CT molecular complexity index is 525. The molecule has 17 heavy (non-hydrogen) atoms. The predicted octanol–water partition coefficient (Wildman–Crippen LogP) is 4.67. The molecule has 2 rings (SSSR count). The van der Waals surface area contributed by atoms with E-state index in [9.17, 15) is 0 Å². The summed E-state index contributed by atoms with van der Waals surface area (Å²) in [7, 11) is 0. The summed E-state index contributed by atoms with van der Waals surface area (Å²) in [5.41, 5.74) is 0. The molecule has 0 atom stereocenters. The smallest absolute Gasteiger partial charge is 0.302 e. The van der Waals surface area contributed by atoms with Crippen LogP contribution in [0.5, 0.6) is 11.8 Å². The van der Waals surface area contributed by atoms with Gasteiger partial charge in [-0.3, -0.25) is 4.57 Å². The number of rotatable bonds is 3. The third-order valence-corrected chi connectivity index (χ3v) is 3.06. The third kappa shape index (κ3) is 2.82. The van der Waals surface area contributed by atoms with E-state index in [2.05, 4.69) is 34.8 Å². The lowest BCUT2D eigenvalue weighted by atomic mass is 10.3. The van der Waals surface area contributed by atoms with Crippen LogP contribution in [-0.2, 0) is 0 Å². The number of halogens is 2. The van der Waals surface area contributed by atoms with Crippen molar-refractivity contribution < 1.29 is 4.74 Å². The largest absolute Gasteiger partial charge is 0.425 e. The van der Waals surface area contributed by atoms with Gasteiger partial charge in [0.2, 0.25) is 0 Å². The van der Waals surface area contributed by atoms with Gasteiger partial charge in [-0.05, 0) is 48.0 Å². The van der Waals surface area contributed by atoms with Crippen molar-refractivity contribution in [1.29, 1.82) is 0 Å². The van der Waals surface area contributed by atoms with Crippen LogP contribution in [0.1, 0.15) is 19.9 Å². The van der Waals surface area contributed by atoms with Crippen molar-refractivity contribution in [3.05, 3.63) is 40.1 Å². The first-order valence-electron chi connectivity index (χ1n) is 5.24. The maximum absolute atomic E-state index is 5.90. The van der Waals surface area contributed by atoms with Crippen LogP contribution in [-0.4, -0.2) is 9.55 Å². The summed E-state index contributed by atoms with van der Waals surface area (Å²) in [6.45, 7) is 4.13. The fourth-order valence-corrected chi connectivity index (χ4v) is 2.35. The molecule has 5 heteroatoms. The normalized spacial score (nSPS) is 10.9. The van der Waals surface area contributed by atoms with E-state index in [0.717, 1.165) is 4.60 Å². The summed E-state index contributed by atoms with van der Waals surface area (Å²) < 4.78 is 8.56. The number of ether oxygens (including phenoxy) is 1. The lowest BCUT2D eigenvalue weighted by Gasteiger charge is -2.13. The van der Waals surface area contributed by atoms with E-state index in [1.165, 1.54) is 0 Å². The van der Waals surface area contributed by atoms with Gasteiger partial charge in [-0.2, -0.15) is 0 Å². The number of hydrogen-bond donors (Lipinski definition) is 0. The molecule has 0 spiro atoms. The molecule has 0 aliphatic heterocycles. The van der Waals surface area contributed by atoms with Crippen LogP contribution >= 0.6 is 27.5 Å². The van der Waals surface area contributed by atoms with Crippen molar-refractivity contribution in [3.8, 4) is 11.8 Å². The van der Waals surface area contributed by atoms with Crippen molar-refractivity contribution in [1.82, 2.24) is 9.55 Å². The van der Waals surface area contributed by atoms with Crippen LogP contribution in [0.3, 0.4) is 0 Å². The highest BCUT2D eigenvalue weighted by Gasteiger charge is 2.12. The van der Waals surface area contributed by atoms with E-state index in [1.54, 1.807) is 18.3 Å². The van der Waals surface area contributed by atoms with Crippen LogP contribution in [0.4, 0.5) is 0 Å². The zero-order chi connectivity index (χ0) is 12.4. The van der Waals surface area contributed by atoms with Gasteiger partial charge in [0.1, 0.15) is 10.4 Å². The molecular formula is C12H12BrClN2O. The lowest BCUT2D eigenvalue weighted by molar-refractivity contribution is 0.393. The average molecular weight is 316 g/mol. The van der Waals surface area contributed by atoms with Crippen molar-refractivity contribution in [2.45, 2.75) is 19.9 Å². The molecule has 3 nitrogen and oxygen atoms in total. The van der Waals surface area contributed by atoms with Gasteiger partial charge in [0.05, 0.1) is 6.20 Å². The summed E-state index contributed by atoms with van der Waals surface area (Å²) in [6.07, 6.45) is 1.72. The van der Waals surface area contributed by atoms with Crippen LogP contribution in [0, 0.1) is 0 Å². The van der Waals surface area contributed by atoms with Crippen LogP contribution < -0.4 is 4.74 Å². The van der Waals surface area contributed by atoms with Crippen molar-refractivity contribution in [3.63, 3.8) is 0 Å². The second kappa shape index (κ2) is 5.10. The van der Waals surface area contributed by atoms with Gasteiger partial charge in [0, 0.05) is 11.1 Å². The molecule has 0 aliphatic carbocycles. The Morgan fingerprint density at radius 2 is 2.18 bits per heavy atom. The summed E-state index contributed by atoms with van der Waals surface area (Å²) in [5.74, 6) is 0.678. The summed E-state index contributed by atoms with van der Waals surface area (Å²) in [4.78, 5) is 4.21. The number of imidazole rings is 1. The summed E-state index contributed by atoms with van der Waals surface area (Å²) in [6, 6.07) is 8.07. The lowest BCUT2D eigenvalue weighted by Crippen LogP contribution is -2.03. The standard InChI is InChI=1S/C12H12BrClN2O/c1-8(2)16-11(13)7-15-12(16)17-10-5-3-4-9(14)6-10/h3-8H,1-2H3. The first-order valence-corrected chi connectivity index (χ1v) is 6.41. The first kappa shape index (κ1) is 12.5. The van der Waals surface area contributed by atoms with Crippen LogP contribution in [0.2, 0.25) is 5.02 Å². The zero-order valence-electron chi connectivity index (χ0n) is 9.52. The maximum Gasteiger partial charge on any atom is 0.302 e. The molecule has 0 amide bonds. The monoisotopic (exact) mass is 314 g/mol. The molecule has 1 aromatic carbocycles. The molecule has 90 valence electrons. The van der Waals surface area contributed by atoms with Crippen molar-refractivity contribution in [2.75, 3.05) is 0 Å². The SMILES string of the molecule is CC(C)n1c(Br)cnc1Oc1cccc(Cl)c1. The number of benzene rings is 1. The topological polar surface area (TPSA) is 27.1 Å². The van der Waals surface area contributed by atoms with Crippen molar-refractivity contribution in [2.24, 2.45) is 0 Å². The Hall–Kier alpha value is -1.00. The Kier molecular flexibility index (Phi) is 3.74. The molecule has 1 aromatic heterocycles. The van der Waals surface area contributed by atoms with Gasteiger partial charge in [-0.25, -0.2) is 4.98 Å². The Morgan fingerprint density at radius 3 is 2.82 bits per heavy atom. The van der Waals surface area contributed by atoms with E-state index in [4.69, 9.17) is 16.3 Å². The van der Waals surface area contributed by atoms with Gasteiger partial charge in [0.15, 0.2) is 0 Å². The fraction of sp³-hybridized carbons (Fsp3) is 0.250. The highest BCUT2D eigenvalue weighted by molar-refractivity contribution is 9.10. The molecular weight excluding hydrogens is 304 g/mol. The molecule has 1 heterocycles. The van der Waals surface area contributed by atoms with Crippen molar-refractivity contribution >= 4 is 27.5 Å². The predicted molar refractivity (Wildman–Crippen MR) is 71.8 cm³/mol. The van der Waals surface area contributed by atoms with Gasteiger partial charge in [-0.15, -0.1) is 0 Å².